The molecule has 0 aromatic heterocycles. The molecular formula is C20H25ClN2O2. The molecule has 0 heterocycles. The zero-order chi connectivity index (χ0) is 18.1. The molecule has 25 heavy (non-hydrogen) atoms. The third-order valence-electron chi connectivity index (χ3n) is 3.69. The lowest BCUT2D eigenvalue weighted by molar-refractivity contribution is -0.116. The quantitative estimate of drug-likeness (QED) is 0.680. The Morgan fingerprint density at radius 2 is 1.92 bits per heavy atom. The molecule has 0 saturated carbocycles. The molecule has 0 aliphatic rings. The first-order valence-electron chi connectivity index (χ1n) is 8.45. The van der Waals surface area contributed by atoms with Gasteiger partial charge in [-0.3, -0.25) is 4.79 Å². The summed E-state index contributed by atoms with van der Waals surface area (Å²) >= 11 is 5.95. The Hall–Kier alpha value is -2.04. The van der Waals surface area contributed by atoms with Crippen LogP contribution in [0.2, 0.25) is 5.02 Å². The van der Waals surface area contributed by atoms with E-state index in [1.165, 1.54) is 0 Å². The highest BCUT2D eigenvalue weighted by atomic mass is 35.5. The van der Waals surface area contributed by atoms with Crippen molar-refractivity contribution >= 4 is 23.2 Å². The number of carbonyl (C=O) groups is 1. The van der Waals surface area contributed by atoms with Gasteiger partial charge in [0.25, 0.3) is 0 Å². The number of hydrogen-bond acceptors (Lipinski definition) is 3. The van der Waals surface area contributed by atoms with Gasteiger partial charge in [-0.05, 0) is 68.9 Å². The summed E-state index contributed by atoms with van der Waals surface area (Å²) in [7, 11) is 4.09. The van der Waals surface area contributed by atoms with Gasteiger partial charge >= 0.3 is 0 Å². The van der Waals surface area contributed by atoms with Crippen molar-refractivity contribution in [3.8, 4) is 5.75 Å². The molecule has 0 aliphatic heterocycles. The number of rotatable bonds is 9. The van der Waals surface area contributed by atoms with Crippen molar-refractivity contribution in [1.82, 2.24) is 4.90 Å². The summed E-state index contributed by atoms with van der Waals surface area (Å²) < 4.78 is 5.68. The number of aryl methyl sites for hydroxylation is 1. The van der Waals surface area contributed by atoms with E-state index >= 15 is 0 Å². The fraction of sp³-hybridized carbons (Fsp3) is 0.350. The molecule has 0 fully saturated rings. The molecule has 2 aromatic rings. The second-order valence-corrected chi connectivity index (χ2v) is 6.64. The summed E-state index contributed by atoms with van der Waals surface area (Å²) in [5.74, 6) is 0.801. The van der Waals surface area contributed by atoms with Gasteiger partial charge in [-0.1, -0.05) is 23.7 Å². The lowest BCUT2D eigenvalue weighted by atomic mass is 10.1. The molecule has 5 heteroatoms. The van der Waals surface area contributed by atoms with E-state index < -0.39 is 0 Å². The fourth-order valence-corrected chi connectivity index (χ4v) is 2.59. The molecule has 134 valence electrons. The predicted molar refractivity (Wildman–Crippen MR) is 104 cm³/mol. The molecule has 0 aliphatic carbocycles. The van der Waals surface area contributed by atoms with Gasteiger partial charge in [-0.25, -0.2) is 0 Å². The number of amides is 1. The number of carbonyl (C=O) groups excluding carboxylic acids is 1. The third kappa shape index (κ3) is 7.59. The van der Waals surface area contributed by atoms with Crippen LogP contribution in [-0.2, 0) is 11.2 Å². The first-order valence-corrected chi connectivity index (χ1v) is 8.82. The number of ether oxygens (including phenoxy) is 1. The van der Waals surface area contributed by atoms with Gasteiger partial charge in [-0.15, -0.1) is 0 Å². The lowest BCUT2D eigenvalue weighted by Gasteiger charge is -2.11. The molecule has 0 bridgehead atoms. The second-order valence-electron chi connectivity index (χ2n) is 6.21. The van der Waals surface area contributed by atoms with Crippen LogP contribution >= 0.6 is 11.6 Å². The number of nitrogens with zero attached hydrogens (tertiary/aromatic N) is 1. The average molecular weight is 361 g/mol. The van der Waals surface area contributed by atoms with Crippen molar-refractivity contribution in [3.05, 3.63) is 59.1 Å². The number of benzene rings is 2. The molecule has 2 rings (SSSR count). The van der Waals surface area contributed by atoms with Crippen LogP contribution in [0.25, 0.3) is 0 Å². The SMILES string of the molecule is CN(C)CCCOc1ccc(NC(=O)CCc2cccc(Cl)c2)cc1. The van der Waals surface area contributed by atoms with E-state index in [0.717, 1.165) is 30.0 Å². The van der Waals surface area contributed by atoms with Crippen molar-refractivity contribution in [2.45, 2.75) is 19.3 Å². The van der Waals surface area contributed by atoms with Crippen LogP contribution in [0.3, 0.4) is 0 Å². The normalized spacial score (nSPS) is 10.7. The van der Waals surface area contributed by atoms with Gasteiger partial charge in [0.2, 0.25) is 5.91 Å². The van der Waals surface area contributed by atoms with Crippen LogP contribution < -0.4 is 10.1 Å². The standard InChI is InChI=1S/C20H25ClN2O2/c1-23(2)13-4-14-25-19-10-8-18(9-11-19)22-20(24)12-7-16-5-3-6-17(21)15-16/h3,5-6,8-11,15H,4,7,12-14H2,1-2H3,(H,22,24). The second kappa shape index (κ2) is 10.1. The molecule has 0 saturated heterocycles. The van der Waals surface area contributed by atoms with E-state index in [1.54, 1.807) is 0 Å². The molecule has 0 atom stereocenters. The third-order valence-corrected chi connectivity index (χ3v) is 3.92. The number of nitrogens with one attached hydrogen (secondary N) is 1. The van der Waals surface area contributed by atoms with Crippen LogP contribution in [0.1, 0.15) is 18.4 Å². The monoisotopic (exact) mass is 360 g/mol. The van der Waals surface area contributed by atoms with Gasteiger partial charge in [0.05, 0.1) is 6.61 Å². The van der Waals surface area contributed by atoms with Crippen molar-refractivity contribution < 1.29 is 9.53 Å². The van der Waals surface area contributed by atoms with E-state index in [-0.39, 0.29) is 5.91 Å². The van der Waals surface area contributed by atoms with Crippen LogP contribution in [0.5, 0.6) is 5.75 Å². The van der Waals surface area contributed by atoms with Gasteiger partial charge in [0, 0.05) is 23.7 Å². The Kier molecular flexibility index (Phi) is 7.76. The van der Waals surface area contributed by atoms with Crippen LogP contribution in [-0.4, -0.2) is 38.1 Å². The molecule has 0 radical (unpaired) electrons. The average Bonchev–Trinajstić information content (AvgIpc) is 2.58. The van der Waals surface area contributed by atoms with E-state index in [1.807, 2.05) is 62.6 Å². The summed E-state index contributed by atoms with van der Waals surface area (Å²) in [6, 6.07) is 15.1. The van der Waals surface area contributed by atoms with E-state index in [2.05, 4.69) is 10.2 Å². The predicted octanol–water partition coefficient (Wildman–Crippen LogP) is 4.24. The molecular weight excluding hydrogens is 336 g/mol. The maximum absolute atomic E-state index is 12.1. The van der Waals surface area contributed by atoms with Gasteiger partial charge in [0.15, 0.2) is 0 Å². The molecule has 0 unspecified atom stereocenters. The van der Waals surface area contributed by atoms with E-state index in [9.17, 15) is 4.79 Å². The summed E-state index contributed by atoms with van der Waals surface area (Å²) in [6.07, 6.45) is 2.07. The minimum absolute atomic E-state index is 0.0142. The summed E-state index contributed by atoms with van der Waals surface area (Å²) in [5.41, 5.74) is 1.83. The minimum atomic E-state index is -0.0142. The zero-order valence-electron chi connectivity index (χ0n) is 14.8. The van der Waals surface area contributed by atoms with Gasteiger partial charge in [-0.2, -0.15) is 0 Å². The van der Waals surface area contributed by atoms with E-state index in [0.29, 0.717) is 24.5 Å². The Bertz CT molecular complexity index is 672. The van der Waals surface area contributed by atoms with Crippen LogP contribution in [0.4, 0.5) is 5.69 Å². The summed E-state index contributed by atoms with van der Waals surface area (Å²) in [6.45, 7) is 1.68. The lowest BCUT2D eigenvalue weighted by Crippen LogP contribution is -2.15. The van der Waals surface area contributed by atoms with Crippen molar-refractivity contribution in [3.63, 3.8) is 0 Å². The smallest absolute Gasteiger partial charge is 0.224 e. The highest BCUT2D eigenvalue weighted by Gasteiger charge is 2.04. The molecule has 1 amide bonds. The maximum atomic E-state index is 12.1. The van der Waals surface area contributed by atoms with Gasteiger partial charge in [0.1, 0.15) is 5.75 Å². The first kappa shape index (κ1) is 19.3. The van der Waals surface area contributed by atoms with Crippen LogP contribution in [0, 0.1) is 0 Å². The fourth-order valence-electron chi connectivity index (χ4n) is 2.38. The Balaban J connectivity index is 1.73. The molecule has 4 nitrogen and oxygen atoms in total. The Morgan fingerprint density at radius 3 is 2.60 bits per heavy atom. The largest absolute Gasteiger partial charge is 0.494 e. The summed E-state index contributed by atoms with van der Waals surface area (Å²) in [5, 5.41) is 3.60. The molecule has 1 N–H and O–H groups in total. The number of halogens is 1. The first-order chi connectivity index (χ1) is 12.0. The van der Waals surface area contributed by atoms with Crippen molar-refractivity contribution in [2.24, 2.45) is 0 Å². The molecule has 2 aromatic carbocycles. The maximum Gasteiger partial charge on any atom is 0.224 e. The number of hydrogen-bond donors (Lipinski definition) is 1. The van der Waals surface area contributed by atoms with Crippen molar-refractivity contribution in [1.29, 1.82) is 0 Å². The van der Waals surface area contributed by atoms with Crippen molar-refractivity contribution in [2.75, 3.05) is 32.6 Å². The Labute approximate surface area is 154 Å². The molecule has 0 spiro atoms. The minimum Gasteiger partial charge on any atom is -0.494 e. The zero-order valence-corrected chi connectivity index (χ0v) is 15.6. The highest BCUT2D eigenvalue weighted by Crippen LogP contribution is 2.17. The van der Waals surface area contributed by atoms with E-state index in [4.69, 9.17) is 16.3 Å². The Morgan fingerprint density at radius 1 is 1.16 bits per heavy atom. The topological polar surface area (TPSA) is 41.6 Å². The number of anilines is 1. The summed E-state index contributed by atoms with van der Waals surface area (Å²) in [4.78, 5) is 14.2. The van der Waals surface area contributed by atoms with Gasteiger partial charge < -0.3 is 15.0 Å². The van der Waals surface area contributed by atoms with Crippen LogP contribution in [0.15, 0.2) is 48.5 Å². The highest BCUT2D eigenvalue weighted by molar-refractivity contribution is 6.30.